The summed E-state index contributed by atoms with van der Waals surface area (Å²) in [7, 11) is 0. The van der Waals surface area contributed by atoms with E-state index >= 15 is 0 Å². The van der Waals surface area contributed by atoms with E-state index in [1.807, 2.05) is 27.0 Å². The highest BCUT2D eigenvalue weighted by molar-refractivity contribution is 14.0. The number of ether oxygens (including phenoxy) is 1. The minimum atomic E-state index is -0.208. The number of H-pyrrole nitrogens is 1. The van der Waals surface area contributed by atoms with Crippen LogP contribution < -0.4 is 10.6 Å². The van der Waals surface area contributed by atoms with Gasteiger partial charge in [-0.1, -0.05) is 0 Å². The molecule has 0 spiro atoms. The van der Waals surface area contributed by atoms with E-state index in [0.717, 1.165) is 61.5 Å². The summed E-state index contributed by atoms with van der Waals surface area (Å²) in [5.74, 6) is 0.595. The molecule has 0 fully saturated rings. The fourth-order valence-electron chi connectivity index (χ4n) is 2.59. The predicted octanol–water partition coefficient (Wildman–Crippen LogP) is 3.84. The maximum atomic E-state index is 13.4. The molecule has 1 heterocycles. The summed E-state index contributed by atoms with van der Waals surface area (Å²) in [4.78, 5) is 7.73. The van der Waals surface area contributed by atoms with Crippen molar-refractivity contribution < 1.29 is 9.13 Å². The summed E-state index contributed by atoms with van der Waals surface area (Å²) in [6, 6.07) is 4.82. The summed E-state index contributed by atoms with van der Waals surface area (Å²) in [6.07, 6.45) is 3.90. The van der Waals surface area contributed by atoms with Crippen LogP contribution in [-0.4, -0.2) is 43.3 Å². The Labute approximate surface area is 172 Å². The van der Waals surface area contributed by atoms with Crippen LogP contribution in [0.25, 0.3) is 10.9 Å². The van der Waals surface area contributed by atoms with Gasteiger partial charge in [-0.3, -0.25) is 4.99 Å². The molecule has 2 aromatic rings. The van der Waals surface area contributed by atoms with E-state index in [4.69, 9.17) is 4.74 Å². The number of benzene rings is 1. The molecule has 1 aromatic carbocycles. The fourth-order valence-corrected chi connectivity index (χ4v) is 2.59. The van der Waals surface area contributed by atoms with Crippen LogP contribution in [0.5, 0.6) is 0 Å². The highest BCUT2D eigenvalue weighted by Gasteiger charge is 2.05. The summed E-state index contributed by atoms with van der Waals surface area (Å²) in [5, 5.41) is 7.51. The van der Waals surface area contributed by atoms with Crippen LogP contribution in [0.15, 0.2) is 29.4 Å². The highest BCUT2D eigenvalue weighted by atomic mass is 127. The minimum absolute atomic E-state index is 0. The molecule has 0 atom stereocenters. The van der Waals surface area contributed by atoms with Gasteiger partial charge < -0.3 is 20.4 Å². The number of hydrogen-bond donors (Lipinski definition) is 3. The van der Waals surface area contributed by atoms with Crippen LogP contribution in [-0.2, 0) is 11.2 Å². The number of nitrogens with zero attached hydrogens (tertiary/aromatic N) is 1. The van der Waals surface area contributed by atoms with Crippen LogP contribution in [0, 0.1) is 5.82 Å². The molecule has 0 aliphatic carbocycles. The summed E-state index contributed by atoms with van der Waals surface area (Å²) < 4.78 is 18.9. The highest BCUT2D eigenvalue weighted by Crippen LogP contribution is 2.19. The van der Waals surface area contributed by atoms with Crippen molar-refractivity contribution in [2.45, 2.75) is 39.7 Å². The largest absolute Gasteiger partial charge is 0.379 e. The van der Waals surface area contributed by atoms with E-state index in [9.17, 15) is 4.39 Å². The third-order valence-corrected chi connectivity index (χ3v) is 3.78. The zero-order valence-electron chi connectivity index (χ0n) is 15.8. The lowest BCUT2D eigenvalue weighted by atomic mass is 10.1. The topological polar surface area (TPSA) is 61.4 Å². The number of rotatable bonds is 9. The van der Waals surface area contributed by atoms with Crippen molar-refractivity contribution in [2.24, 2.45) is 4.99 Å². The number of nitrogens with one attached hydrogen (secondary N) is 3. The van der Waals surface area contributed by atoms with E-state index in [1.54, 1.807) is 12.1 Å². The standard InChI is InChI=1S/C19H29FN4O.HI/c1-4-21-19(22-9-5-11-25-14(2)3)23-10-8-15-13-24-18-7-6-16(20)12-17(15)18;/h6-7,12-14,24H,4-5,8-11H2,1-3H3,(H2,21,22,23);1H. The maximum Gasteiger partial charge on any atom is 0.191 e. The number of hydrogen-bond acceptors (Lipinski definition) is 2. The maximum absolute atomic E-state index is 13.4. The molecule has 0 saturated carbocycles. The quantitative estimate of drug-likeness (QED) is 0.223. The van der Waals surface area contributed by atoms with Crippen molar-refractivity contribution in [3.63, 3.8) is 0 Å². The Bertz CT molecular complexity index is 687. The van der Waals surface area contributed by atoms with Gasteiger partial charge in [0.05, 0.1) is 6.10 Å². The number of fused-ring (bicyclic) bond motifs is 1. The number of aromatic amines is 1. The Kier molecular flexibility index (Phi) is 10.6. The third kappa shape index (κ3) is 7.49. The van der Waals surface area contributed by atoms with Gasteiger partial charge in [-0.25, -0.2) is 4.39 Å². The number of aliphatic imine (C=N–C) groups is 1. The Balaban J connectivity index is 0.00000338. The first-order valence-electron chi connectivity index (χ1n) is 8.99. The van der Waals surface area contributed by atoms with Crippen molar-refractivity contribution in [1.29, 1.82) is 0 Å². The molecule has 7 heteroatoms. The Morgan fingerprint density at radius 1 is 1.31 bits per heavy atom. The van der Waals surface area contributed by atoms with Gasteiger partial charge in [-0.15, -0.1) is 24.0 Å². The van der Waals surface area contributed by atoms with Gasteiger partial charge in [0.2, 0.25) is 0 Å². The molecule has 0 unspecified atom stereocenters. The molecule has 146 valence electrons. The molecule has 0 aliphatic heterocycles. The Morgan fingerprint density at radius 3 is 2.85 bits per heavy atom. The van der Waals surface area contributed by atoms with E-state index < -0.39 is 0 Å². The van der Waals surface area contributed by atoms with Crippen LogP contribution in [0.2, 0.25) is 0 Å². The normalized spacial score (nSPS) is 11.7. The van der Waals surface area contributed by atoms with Gasteiger partial charge in [0, 0.05) is 43.3 Å². The van der Waals surface area contributed by atoms with Crippen LogP contribution in [0.1, 0.15) is 32.8 Å². The minimum Gasteiger partial charge on any atom is -0.379 e. The molecule has 0 bridgehead atoms. The number of halogens is 2. The second-order valence-corrected chi connectivity index (χ2v) is 6.21. The summed E-state index contributed by atoms with van der Waals surface area (Å²) >= 11 is 0. The molecule has 3 N–H and O–H groups in total. The zero-order valence-corrected chi connectivity index (χ0v) is 18.1. The average molecular weight is 476 g/mol. The van der Waals surface area contributed by atoms with E-state index in [1.165, 1.54) is 6.07 Å². The van der Waals surface area contributed by atoms with Crippen molar-refractivity contribution in [3.05, 3.63) is 35.8 Å². The summed E-state index contributed by atoms with van der Waals surface area (Å²) in [5.41, 5.74) is 2.06. The monoisotopic (exact) mass is 476 g/mol. The molecule has 2 rings (SSSR count). The Hall–Kier alpha value is -1.35. The lowest BCUT2D eigenvalue weighted by molar-refractivity contribution is 0.0782. The molecule has 1 aromatic heterocycles. The van der Waals surface area contributed by atoms with Crippen molar-refractivity contribution >= 4 is 40.8 Å². The third-order valence-electron chi connectivity index (χ3n) is 3.78. The zero-order chi connectivity index (χ0) is 18.1. The first-order chi connectivity index (χ1) is 12.1. The van der Waals surface area contributed by atoms with Crippen LogP contribution in [0.4, 0.5) is 4.39 Å². The summed E-state index contributed by atoms with van der Waals surface area (Å²) in [6.45, 7) is 9.10. The van der Waals surface area contributed by atoms with Crippen LogP contribution >= 0.6 is 24.0 Å². The van der Waals surface area contributed by atoms with Gasteiger partial charge in [-0.2, -0.15) is 0 Å². The van der Waals surface area contributed by atoms with E-state index in [-0.39, 0.29) is 35.9 Å². The molecule has 0 amide bonds. The average Bonchev–Trinajstić information content (AvgIpc) is 2.96. The van der Waals surface area contributed by atoms with Crippen molar-refractivity contribution in [3.8, 4) is 0 Å². The molecule has 0 aliphatic rings. The van der Waals surface area contributed by atoms with Crippen molar-refractivity contribution in [1.82, 2.24) is 15.6 Å². The van der Waals surface area contributed by atoms with Gasteiger partial charge in [0.15, 0.2) is 5.96 Å². The van der Waals surface area contributed by atoms with Gasteiger partial charge in [-0.05, 0) is 57.4 Å². The number of guanidine groups is 1. The lowest BCUT2D eigenvalue weighted by Crippen LogP contribution is -2.38. The first kappa shape index (κ1) is 22.7. The predicted molar refractivity (Wildman–Crippen MR) is 117 cm³/mol. The fraction of sp³-hybridized carbons (Fsp3) is 0.526. The van der Waals surface area contributed by atoms with E-state index in [0.29, 0.717) is 0 Å². The SMILES string of the molecule is CCNC(=NCCCOC(C)C)NCCc1c[nH]c2ccc(F)cc12.I. The van der Waals surface area contributed by atoms with Gasteiger partial charge in [0.1, 0.15) is 5.82 Å². The molecular weight excluding hydrogens is 446 g/mol. The second kappa shape index (κ2) is 12.1. The molecular formula is C19H30FIN4O. The number of aromatic nitrogens is 1. The Morgan fingerprint density at radius 2 is 2.12 bits per heavy atom. The van der Waals surface area contributed by atoms with Crippen molar-refractivity contribution in [2.75, 3.05) is 26.2 Å². The lowest BCUT2D eigenvalue weighted by Gasteiger charge is -2.11. The van der Waals surface area contributed by atoms with Gasteiger partial charge in [0.25, 0.3) is 0 Å². The first-order valence-corrected chi connectivity index (χ1v) is 8.99. The molecule has 0 saturated heterocycles. The smallest absolute Gasteiger partial charge is 0.191 e. The molecule has 5 nitrogen and oxygen atoms in total. The van der Waals surface area contributed by atoms with E-state index in [2.05, 4.69) is 20.6 Å². The second-order valence-electron chi connectivity index (χ2n) is 6.21. The molecule has 0 radical (unpaired) electrons. The van der Waals surface area contributed by atoms with Crippen LogP contribution in [0.3, 0.4) is 0 Å². The molecule has 26 heavy (non-hydrogen) atoms. The van der Waals surface area contributed by atoms with Gasteiger partial charge >= 0.3 is 0 Å².